The summed E-state index contributed by atoms with van der Waals surface area (Å²) in [6.07, 6.45) is 3.19. The monoisotopic (exact) mass is 363 g/mol. The second-order valence-electron chi connectivity index (χ2n) is 5.75. The highest BCUT2D eigenvalue weighted by atomic mass is 32.1. The second kappa shape index (κ2) is 7.85. The number of rotatable bonds is 6. The Morgan fingerprint density at radius 1 is 1.23 bits per heavy atom. The quantitative estimate of drug-likeness (QED) is 0.440. The van der Waals surface area contributed by atoms with Crippen LogP contribution in [-0.4, -0.2) is 5.78 Å². The number of allylic oxidation sites excluding steroid dienone is 1. The first-order chi connectivity index (χ1) is 12.5. The summed E-state index contributed by atoms with van der Waals surface area (Å²) in [6, 6.07) is 14.5. The van der Waals surface area contributed by atoms with E-state index in [1.807, 2.05) is 26.0 Å². The standard InChI is InChI=1S/C21H17NO3S/c1-14-11-20(15(2)26-14)21(23)10-9-18-7-8-19(25-18)13-24-17-5-3-16(12-22)4-6-17/h3-11H,13H2,1-2H3/b10-9+. The van der Waals surface area contributed by atoms with Crippen LogP contribution in [0.25, 0.3) is 6.08 Å². The molecule has 26 heavy (non-hydrogen) atoms. The van der Waals surface area contributed by atoms with Gasteiger partial charge < -0.3 is 9.15 Å². The number of ketones is 1. The highest BCUT2D eigenvalue weighted by molar-refractivity contribution is 7.12. The van der Waals surface area contributed by atoms with Crippen molar-refractivity contribution in [1.29, 1.82) is 5.26 Å². The summed E-state index contributed by atoms with van der Waals surface area (Å²) in [6.45, 7) is 4.21. The molecule has 0 aliphatic heterocycles. The minimum atomic E-state index is -0.0290. The number of hydrogen-bond acceptors (Lipinski definition) is 5. The Kier molecular flexibility index (Phi) is 5.35. The van der Waals surface area contributed by atoms with Crippen LogP contribution in [0.5, 0.6) is 5.75 Å². The van der Waals surface area contributed by atoms with Crippen molar-refractivity contribution in [3.05, 3.63) is 80.9 Å². The van der Waals surface area contributed by atoms with Crippen molar-refractivity contribution in [3.8, 4) is 11.8 Å². The molecule has 0 N–H and O–H groups in total. The zero-order valence-electron chi connectivity index (χ0n) is 14.5. The normalized spacial score (nSPS) is 10.8. The fourth-order valence-electron chi connectivity index (χ4n) is 2.46. The Morgan fingerprint density at radius 3 is 2.65 bits per heavy atom. The molecule has 1 aromatic carbocycles. The smallest absolute Gasteiger partial charge is 0.187 e. The summed E-state index contributed by atoms with van der Waals surface area (Å²) in [5.74, 6) is 1.89. The van der Waals surface area contributed by atoms with Gasteiger partial charge in [-0.15, -0.1) is 11.3 Å². The average Bonchev–Trinajstić information content (AvgIpc) is 3.24. The average molecular weight is 363 g/mol. The van der Waals surface area contributed by atoms with Gasteiger partial charge in [0.1, 0.15) is 23.9 Å². The minimum Gasteiger partial charge on any atom is -0.486 e. The van der Waals surface area contributed by atoms with Crippen LogP contribution in [0, 0.1) is 25.2 Å². The molecule has 3 aromatic rings. The lowest BCUT2D eigenvalue weighted by molar-refractivity contribution is 0.104. The van der Waals surface area contributed by atoms with Gasteiger partial charge in [-0.2, -0.15) is 5.26 Å². The Morgan fingerprint density at radius 2 is 2.00 bits per heavy atom. The molecule has 0 amide bonds. The number of ether oxygens (including phenoxy) is 1. The van der Waals surface area contributed by atoms with Crippen LogP contribution in [0.4, 0.5) is 0 Å². The number of carbonyl (C=O) groups excluding carboxylic acids is 1. The van der Waals surface area contributed by atoms with E-state index < -0.39 is 0 Å². The van der Waals surface area contributed by atoms with Crippen LogP contribution in [0.3, 0.4) is 0 Å². The van der Waals surface area contributed by atoms with Crippen LogP contribution >= 0.6 is 11.3 Å². The maximum absolute atomic E-state index is 12.3. The molecule has 0 saturated heterocycles. The van der Waals surface area contributed by atoms with E-state index in [0.29, 0.717) is 22.8 Å². The maximum Gasteiger partial charge on any atom is 0.187 e. The summed E-state index contributed by atoms with van der Waals surface area (Å²) in [4.78, 5) is 14.4. The molecule has 0 atom stereocenters. The second-order valence-corrected chi connectivity index (χ2v) is 7.21. The van der Waals surface area contributed by atoms with Gasteiger partial charge >= 0.3 is 0 Å². The lowest BCUT2D eigenvalue weighted by atomic mass is 10.1. The molecule has 4 nitrogen and oxygen atoms in total. The molecule has 0 saturated carbocycles. The molecule has 5 heteroatoms. The molecule has 0 aliphatic rings. The van der Waals surface area contributed by atoms with Gasteiger partial charge in [0, 0.05) is 15.3 Å². The summed E-state index contributed by atoms with van der Waals surface area (Å²) >= 11 is 1.62. The first-order valence-electron chi connectivity index (χ1n) is 8.06. The Labute approximate surface area is 156 Å². The first-order valence-corrected chi connectivity index (χ1v) is 8.88. The maximum atomic E-state index is 12.3. The summed E-state index contributed by atoms with van der Waals surface area (Å²) in [5.41, 5.74) is 1.32. The van der Waals surface area contributed by atoms with Crippen molar-refractivity contribution < 1.29 is 13.9 Å². The van der Waals surface area contributed by atoms with E-state index in [1.54, 1.807) is 47.7 Å². The van der Waals surface area contributed by atoms with E-state index in [1.165, 1.54) is 6.08 Å². The number of benzene rings is 1. The highest BCUT2D eigenvalue weighted by Gasteiger charge is 2.09. The molecule has 0 bridgehead atoms. The molecule has 0 spiro atoms. The number of nitrogens with zero attached hydrogens (tertiary/aromatic N) is 1. The van der Waals surface area contributed by atoms with E-state index in [4.69, 9.17) is 14.4 Å². The Bertz CT molecular complexity index is 987. The number of hydrogen-bond donors (Lipinski definition) is 0. The summed E-state index contributed by atoms with van der Waals surface area (Å²) < 4.78 is 11.3. The van der Waals surface area contributed by atoms with E-state index in [0.717, 1.165) is 15.3 Å². The molecule has 0 aliphatic carbocycles. The van der Waals surface area contributed by atoms with Crippen LogP contribution in [0.1, 0.15) is 37.2 Å². The third kappa shape index (κ3) is 4.29. The van der Waals surface area contributed by atoms with Gasteiger partial charge in [0.25, 0.3) is 0 Å². The van der Waals surface area contributed by atoms with Crippen LogP contribution in [0.2, 0.25) is 0 Å². The van der Waals surface area contributed by atoms with Crippen molar-refractivity contribution in [2.24, 2.45) is 0 Å². The highest BCUT2D eigenvalue weighted by Crippen LogP contribution is 2.22. The predicted octanol–water partition coefficient (Wildman–Crippen LogP) is 5.30. The van der Waals surface area contributed by atoms with E-state index in [-0.39, 0.29) is 12.4 Å². The van der Waals surface area contributed by atoms with Crippen molar-refractivity contribution in [2.45, 2.75) is 20.5 Å². The number of aryl methyl sites for hydroxylation is 2. The van der Waals surface area contributed by atoms with Gasteiger partial charge in [0.15, 0.2) is 5.78 Å². The molecule has 130 valence electrons. The van der Waals surface area contributed by atoms with Gasteiger partial charge in [-0.25, -0.2) is 0 Å². The summed E-state index contributed by atoms with van der Waals surface area (Å²) in [7, 11) is 0. The van der Waals surface area contributed by atoms with Gasteiger partial charge in [-0.3, -0.25) is 4.79 Å². The van der Waals surface area contributed by atoms with E-state index in [2.05, 4.69) is 6.07 Å². The van der Waals surface area contributed by atoms with Crippen LogP contribution in [0.15, 0.2) is 53.0 Å². The summed E-state index contributed by atoms with van der Waals surface area (Å²) in [5, 5.41) is 8.78. The van der Waals surface area contributed by atoms with Gasteiger partial charge in [0.05, 0.1) is 11.6 Å². The van der Waals surface area contributed by atoms with Crippen molar-refractivity contribution in [2.75, 3.05) is 0 Å². The largest absolute Gasteiger partial charge is 0.486 e. The number of carbonyl (C=O) groups is 1. The van der Waals surface area contributed by atoms with Crippen LogP contribution < -0.4 is 4.74 Å². The molecule has 2 heterocycles. The zero-order valence-corrected chi connectivity index (χ0v) is 15.3. The topological polar surface area (TPSA) is 63.2 Å². The molecular formula is C21H17NO3S. The third-order valence-electron chi connectivity index (χ3n) is 3.75. The minimum absolute atomic E-state index is 0.0290. The molecule has 0 radical (unpaired) electrons. The van der Waals surface area contributed by atoms with Gasteiger partial charge in [-0.05, 0) is 68.5 Å². The lowest BCUT2D eigenvalue weighted by Crippen LogP contribution is -1.94. The number of thiophene rings is 1. The SMILES string of the molecule is Cc1cc(C(=O)/C=C/c2ccc(COc3ccc(C#N)cc3)o2)c(C)s1. The molecule has 0 unspecified atom stereocenters. The third-order valence-corrected chi connectivity index (χ3v) is 4.72. The van der Waals surface area contributed by atoms with Gasteiger partial charge in [0.2, 0.25) is 0 Å². The number of furan rings is 1. The van der Waals surface area contributed by atoms with E-state index in [9.17, 15) is 4.79 Å². The van der Waals surface area contributed by atoms with E-state index >= 15 is 0 Å². The van der Waals surface area contributed by atoms with Crippen molar-refractivity contribution >= 4 is 23.2 Å². The molecule has 3 rings (SSSR count). The molecule has 2 aromatic heterocycles. The fraction of sp³-hybridized carbons (Fsp3) is 0.143. The predicted molar refractivity (Wildman–Crippen MR) is 101 cm³/mol. The fourth-order valence-corrected chi connectivity index (χ4v) is 3.39. The number of nitriles is 1. The van der Waals surface area contributed by atoms with Crippen molar-refractivity contribution in [1.82, 2.24) is 0 Å². The molecule has 0 fully saturated rings. The molecular weight excluding hydrogens is 346 g/mol. The first kappa shape index (κ1) is 17.7. The van der Waals surface area contributed by atoms with Crippen molar-refractivity contribution in [3.63, 3.8) is 0 Å². The Hall–Kier alpha value is -3.10. The zero-order chi connectivity index (χ0) is 18.5. The van der Waals surface area contributed by atoms with Gasteiger partial charge in [-0.1, -0.05) is 0 Å². The lowest BCUT2D eigenvalue weighted by Gasteiger charge is -2.03. The van der Waals surface area contributed by atoms with Crippen LogP contribution in [-0.2, 0) is 6.61 Å². The Balaban J connectivity index is 1.59.